The summed E-state index contributed by atoms with van der Waals surface area (Å²) in [6, 6.07) is 7.06. The maximum Gasteiger partial charge on any atom is 0.234 e. The quantitative estimate of drug-likeness (QED) is 0.735. The van der Waals surface area contributed by atoms with E-state index in [2.05, 4.69) is 5.32 Å². The van der Waals surface area contributed by atoms with Crippen molar-refractivity contribution in [3.05, 3.63) is 52.2 Å². The third-order valence-corrected chi connectivity index (χ3v) is 6.63. The van der Waals surface area contributed by atoms with Crippen LogP contribution in [0.4, 0.5) is 14.5 Å². The number of hydrogen-bond donors (Lipinski definition) is 1. The smallest absolute Gasteiger partial charge is 0.234 e. The van der Waals surface area contributed by atoms with E-state index in [1.807, 2.05) is 17.5 Å². The molecule has 1 amide bonds. The van der Waals surface area contributed by atoms with E-state index in [0.717, 1.165) is 53.4 Å². The summed E-state index contributed by atoms with van der Waals surface area (Å²) in [5.41, 5.74) is 0.429. The van der Waals surface area contributed by atoms with Gasteiger partial charge in [0.25, 0.3) is 0 Å². The molecule has 8 heteroatoms. The molecule has 1 N–H and O–H groups in total. The van der Waals surface area contributed by atoms with Crippen molar-refractivity contribution in [2.75, 3.05) is 11.1 Å². The highest BCUT2D eigenvalue weighted by Crippen LogP contribution is 2.39. The number of rotatable bonds is 4. The monoisotopic (exact) mass is 419 g/mol. The number of anilines is 1. The lowest BCUT2D eigenvalue weighted by molar-refractivity contribution is -0.113. The molecule has 2 aromatic rings. The Balaban J connectivity index is 1.47. The van der Waals surface area contributed by atoms with Gasteiger partial charge in [-0.05, 0) is 49.3 Å². The van der Waals surface area contributed by atoms with Gasteiger partial charge in [0.2, 0.25) is 5.91 Å². The Morgan fingerprint density at radius 1 is 1.18 bits per heavy atom. The second-order valence-electron chi connectivity index (χ2n) is 6.86. The fourth-order valence-electron chi connectivity index (χ4n) is 3.45. The van der Waals surface area contributed by atoms with E-state index in [-0.39, 0.29) is 23.0 Å². The molecular weight excluding hydrogens is 400 g/mol. The molecule has 0 radical (unpaired) electrons. The minimum Gasteiger partial charge on any atom is -0.323 e. The lowest BCUT2D eigenvalue weighted by Crippen LogP contribution is -2.25. The minimum atomic E-state index is -0.793. The molecule has 1 saturated carbocycles. The summed E-state index contributed by atoms with van der Waals surface area (Å²) < 4.78 is 26.7. The van der Waals surface area contributed by atoms with Crippen LogP contribution in [0.1, 0.15) is 37.0 Å². The summed E-state index contributed by atoms with van der Waals surface area (Å²) >= 11 is 2.91. The van der Waals surface area contributed by atoms with Gasteiger partial charge in [0.1, 0.15) is 22.4 Å². The molecule has 2 aliphatic rings. The van der Waals surface area contributed by atoms with E-state index >= 15 is 0 Å². The van der Waals surface area contributed by atoms with Crippen LogP contribution in [0.3, 0.4) is 0 Å². The van der Waals surface area contributed by atoms with Gasteiger partial charge in [-0.25, -0.2) is 13.8 Å². The van der Waals surface area contributed by atoms with Gasteiger partial charge in [-0.15, -0.1) is 11.3 Å². The third-order valence-electron chi connectivity index (χ3n) is 4.79. The van der Waals surface area contributed by atoms with Crippen LogP contribution in [-0.4, -0.2) is 28.1 Å². The Morgan fingerprint density at radius 3 is 2.71 bits per heavy atom. The average Bonchev–Trinajstić information content (AvgIpc) is 3.31. The molecule has 1 fully saturated rings. The zero-order valence-corrected chi connectivity index (χ0v) is 16.7. The Labute approximate surface area is 170 Å². The summed E-state index contributed by atoms with van der Waals surface area (Å²) in [6.45, 7) is 0. The Kier molecular flexibility index (Phi) is 5.59. The number of nitrogens with zero attached hydrogens (tertiary/aromatic N) is 2. The number of thioether (sulfide) groups is 1. The SMILES string of the molecule is O=C(CSC1=NC2(CCCCC2)N=C1c1cccs1)Nc1ccc(F)cc1F. The van der Waals surface area contributed by atoms with Gasteiger partial charge < -0.3 is 5.32 Å². The second-order valence-corrected chi connectivity index (χ2v) is 8.77. The van der Waals surface area contributed by atoms with Crippen molar-refractivity contribution in [3.63, 3.8) is 0 Å². The van der Waals surface area contributed by atoms with Gasteiger partial charge in [-0.2, -0.15) is 0 Å². The van der Waals surface area contributed by atoms with Crippen LogP contribution in [-0.2, 0) is 4.79 Å². The van der Waals surface area contributed by atoms with Crippen molar-refractivity contribution in [2.45, 2.75) is 37.8 Å². The number of thiophene rings is 1. The van der Waals surface area contributed by atoms with Crippen LogP contribution in [0.25, 0.3) is 0 Å². The number of nitrogens with one attached hydrogen (secondary N) is 1. The van der Waals surface area contributed by atoms with Crippen molar-refractivity contribution in [3.8, 4) is 0 Å². The highest BCUT2D eigenvalue weighted by Gasteiger charge is 2.38. The molecular formula is C20H19F2N3OS2. The van der Waals surface area contributed by atoms with Crippen LogP contribution in [0.15, 0.2) is 45.7 Å². The van der Waals surface area contributed by atoms with Crippen molar-refractivity contribution in [2.24, 2.45) is 9.98 Å². The third kappa shape index (κ3) is 4.17. The maximum absolute atomic E-state index is 13.7. The predicted octanol–water partition coefficient (Wildman–Crippen LogP) is 5.26. The fourth-order valence-corrected chi connectivity index (χ4v) is 5.10. The first-order chi connectivity index (χ1) is 13.5. The number of aliphatic imine (C=N–C) groups is 2. The molecule has 0 atom stereocenters. The van der Waals surface area contributed by atoms with Gasteiger partial charge in [0, 0.05) is 6.07 Å². The number of hydrogen-bond acceptors (Lipinski definition) is 5. The summed E-state index contributed by atoms with van der Waals surface area (Å²) in [4.78, 5) is 23.2. The lowest BCUT2D eigenvalue weighted by atomic mass is 9.90. The van der Waals surface area contributed by atoms with Gasteiger partial charge in [0.05, 0.1) is 16.3 Å². The summed E-state index contributed by atoms with van der Waals surface area (Å²) in [6.07, 6.45) is 5.27. The Hall–Kier alpha value is -2.06. The highest BCUT2D eigenvalue weighted by molar-refractivity contribution is 8.16. The Bertz CT molecular complexity index is 935. The number of benzene rings is 1. The number of carbonyl (C=O) groups is 1. The van der Waals surface area contributed by atoms with Gasteiger partial charge in [0.15, 0.2) is 5.66 Å². The van der Waals surface area contributed by atoms with Gasteiger partial charge >= 0.3 is 0 Å². The van der Waals surface area contributed by atoms with E-state index in [9.17, 15) is 13.6 Å². The fraction of sp³-hybridized carbons (Fsp3) is 0.350. The second kappa shape index (κ2) is 8.13. The first kappa shape index (κ1) is 19.3. The average molecular weight is 420 g/mol. The molecule has 2 heterocycles. The first-order valence-corrected chi connectivity index (χ1v) is 11.0. The van der Waals surface area contributed by atoms with E-state index < -0.39 is 11.6 Å². The van der Waals surface area contributed by atoms with Gasteiger partial charge in [-0.3, -0.25) is 9.79 Å². The van der Waals surface area contributed by atoms with Crippen LogP contribution in [0.5, 0.6) is 0 Å². The molecule has 0 saturated heterocycles. The zero-order valence-electron chi connectivity index (χ0n) is 15.1. The molecule has 28 heavy (non-hydrogen) atoms. The summed E-state index contributed by atoms with van der Waals surface area (Å²) in [5.74, 6) is -1.76. The summed E-state index contributed by atoms with van der Waals surface area (Å²) in [5, 5.41) is 5.25. The normalized spacial score (nSPS) is 18.1. The molecule has 1 spiro atoms. The Morgan fingerprint density at radius 2 is 2.00 bits per heavy atom. The topological polar surface area (TPSA) is 53.8 Å². The molecule has 4 rings (SSSR count). The van der Waals surface area contributed by atoms with E-state index in [1.165, 1.54) is 24.2 Å². The summed E-state index contributed by atoms with van der Waals surface area (Å²) in [7, 11) is 0. The molecule has 146 valence electrons. The lowest BCUT2D eigenvalue weighted by Gasteiger charge is -2.27. The van der Waals surface area contributed by atoms with Crippen LogP contribution < -0.4 is 5.32 Å². The standard InChI is InChI=1S/C20H19F2N3OS2/c21-13-6-7-15(14(22)11-13)23-17(26)12-28-19-18(16-5-4-10-27-16)24-20(25-19)8-2-1-3-9-20/h4-7,10-11H,1-3,8-9,12H2,(H,23,26). The molecule has 0 unspecified atom stereocenters. The predicted molar refractivity (Wildman–Crippen MR) is 112 cm³/mol. The van der Waals surface area contributed by atoms with Crippen molar-refractivity contribution >= 4 is 45.4 Å². The van der Waals surface area contributed by atoms with E-state index in [1.54, 1.807) is 11.3 Å². The van der Waals surface area contributed by atoms with Crippen LogP contribution in [0.2, 0.25) is 0 Å². The zero-order chi connectivity index (χ0) is 19.6. The number of halogens is 2. The van der Waals surface area contributed by atoms with E-state index in [0.29, 0.717) is 0 Å². The first-order valence-electron chi connectivity index (χ1n) is 9.16. The molecule has 0 bridgehead atoms. The van der Waals surface area contributed by atoms with E-state index in [4.69, 9.17) is 9.98 Å². The van der Waals surface area contributed by atoms with Gasteiger partial charge in [-0.1, -0.05) is 24.2 Å². The highest BCUT2D eigenvalue weighted by atomic mass is 32.2. The molecule has 1 aromatic heterocycles. The number of carbonyl (C=O) groups excluding carboxylic acids is 1. The molecule has 1 aliphatic carbocycles. The maximum atomic E-state index is 13.7. The van der Waals surface area contributed by atoms with Crippen molar-refractivity contribution in [1.29, 1.82) is 0 Å². The largest absolute Gasteiger partial charge is 0.323 e. The van der Waals surface area contributed by atoms with Crippen molar-refractivity contribution < 1.29 is 13.6 Å². The van der Waals surface area contributed by atoms with Crippen LogP contribution >= 0.6 is 23.1 Å². The minimum absolute atomic E-state index is 0.0312. The molecule has 1 aliphatic heterocycles. The van der Waals surface area contributed by atoms with Crippen LogP contribution in [0, 0.1) is 11.6 Å². The number of amides is 1. The molecule has 4 nitrogen and oxygen atoms in total. The van der Waals surface area contributed by atoms with Crippen molar-refractivity contribution in [1.82, 2.24) is 0 Å². The molecule has 1 aromatic carbocycles.